The lowest BCUT2D eigenvalue weighted by Gasteiger charge is -2.30. The molecular formula is C24H38N4O6. The van der Waals surface area contributed by atoms with Gasteiger partial charge in [0.2, 0.25) is 11.8 Å². The van der Waals surface area contributed by atoms with Crippen LogP contribution in [0.25, 0.3) is 0 Å². The van der Waals surface area contributed by atoms with E-state index in [1.165, 1.54) is 0 Å². The van der Waals surface area contributed by atoms with Gasteiger partial charge in [-0.3, -0.25) is 9.59 Å². The summed E-state index contributed by atoms with van der Waals surface area (Å²) in [6, 6.07) is 9.53. The number of nitrogens with zero attached hydrogens (tertiary/aromatic N) is 1. The zero-order valence-electron chi connectivity index (χ0n) is 19.7. The Labute approximate surface area is 201 Å². The highest BCUT2D eigenvalue weighted by molar-refractivity contribution is 5.79. The van der Waals surface area contributed by atoms with Crippen LogP contribution in [0.2, 0.25) is 0 Å². The number of carbonyl (C=O) groups excluding carboxylic acids is 3. The van der Waals surface area contributed by atoms with Gasteiger partial charge in [-0.2, -0.15) is 0 Å². The number of hydrogen-bond acceptors (Lipinski definition) is 7. The van der Waals surface area contributed by atoms with Gasteiger partial charge in [-0.25, -0.2) is 4.79 Å². The van der Waals surface area contributed by atoms with Gasteiger partial charge in [0, 0.05) is 38.0 Å². The van der Waals surface area contributed by atoms with Gasteiger partial charge in [0.1, 0.15) is 6.61 Å². The predicted molar refractivity (Wildman–Crippen MR) is 127 cm³/mol. The van der Waals surface area contributed by atoms with Crippen molar-refractivity contribution >= 4 is 17.9 Å². The largest absolute Gasteiger partial charge is 0.445 e. The van der Waals surface area contributed by atoms with E-state index in [-0.39, 0.29) is 56.1 Å². The fourth-order valence-electron chi connectivity index (χ4n) is 3.87. The highest BCUT2D eigenvalue weighted by Crippen LogP contribution is 2.18. The average molecular weight is 479 g/mol. The zero-order valence-corrected chi connectivity index (χ0v) is 19.7. The molecule has 2 aliphatic heterocycles. The van der Waals surface area contributed by atoms with Crippen molar-refractivity contribution in [3.8, 4) is 0 Å². The zero-order chi connectivity index (χ0) is 24.6. The highest BCUT2D eigenvalue weighted by Gasteiger charge is 2.27. The molecule has 10 nitrogen and oxygen atoms in total. The normalized spacial score (nSPS) is 16.7. The van der Waals surface area contributed by atoms with Gasteiger partial charge in [-0.15, -0.1) is 0 Å². The van der Waals surface area contributed by atoms with Crippen LogP contribution in [0.5, 0.6) is 0 Å². The number of aliphatic hydroxyl groups excluding tert-OH is 2. The quantitative estimate of drug-likeness (QED) is 0.360. The number of rotatable bonds is 8. The number of aliphatic hydroxyl groups is 2. The molecule has 5 N–H and O–H groups in total. The summed E-state index contributed by atoms with van der Waals surface area (Å²) in [7, 11) is 0. The summed E-state index contributed by atoms with van der Waals surface area (Å²) in [6.45, 7) is 3.77. The number of piperidine rings is 2. The minimum absolute atomic E-state index is 0.0245. The van der Waals surface area contributed by atoms with Gasteiger partial charge >= 0.3 is 6.09 Å². The first-order chi connectivity index (χ1) is 16.5. The maximum Gasteiger partial charge on any atom is 0.410 e. The van der Waals surface area contributed by atoms with Crippen molar-refractivity contribution in [1.82, 2.24) is 20.9 Å². The molecule has 10 heteroatoms. The molecule has 2 aliphatic rings. The van der Waals surface area contributed by atoms with Crippen molar-refractivity contribution < 1.29 is 29.3 Å². The van der Waals surface area contributed by atoms with Gasteiger partial charge in [0.25, 0.3) is 0 Å². The second-order valence-electron chi connectivity index (χ2n) is 8.36. The summed E-state index contributed by atoms with van der Waals surface area (Å²) in [5.74, 6) is 0.0967. The number of likely N-dealkylation sites (tertiary alicyclic amines) is 1. The van der Waals surface area contributed by atoms with E-state index < -0.39 is 0 Å². The number of hydrogen-bond donors (Lipinski definition) is 5. The van der Waals surface area contributed by atoms with Crippen LogP contribution in [-0.4, -0.2) is 85.5 Å². The third-order valence-corrected chi connectivity index (χ3v) is 5.86. The van der Waals surface area contributed by atoms with Crippen LogP contribution in [-0.2, 0) is 20.9 Å². The van der Waals surface area contributed by atoms with E-state index in [0.29, 0.717) is 32.5 Å². The first kappa shape index (κ1) is 27.6. The lowest BCUT2D eigenvalue weighted by atomic mass is 9.96. The Hall–Kier alpha value is -2.69. The van der Waals surface area contributed by atoms with E-state index in [9.17, 15) is 14.4 Å². The molecule has 0 aliphatic carbocycles. The maximum atomic E-state index is 12.0. The van der Waals surface area contributed by atoms with Crippen molar-refractivity contribution in [3.05, 3.63) is 35.9 Å². The predicted octanol–water partition coefficient (Wildman–Crippen LogP) is 0.238. The third-order valence-electron chi connectivity index (χ3n) is 5.86. The molecule has 0 atom stereocenters. The van der Waals surface area contributed by atoms with Crippen LogP contribution in [0, 0.1) is 11.8 Å². The van der Waals surface area contributed by atoms with E-state index in [0.717, 1.165) is 31.5 Å². The SMILES string of the molecule is O=C(NCCO)C1CCN(C(=O)OCc2ccccc2)CC1.O=C(NCCO)C1CCNCC1. The monoisotopic (exact) mass is 478 g/mol. The standard InChI is InChI=1S/C16H22N2O4.C8H16N2O2/c19-11-8-17-15(20)14-6-9-18(10-7-14)16(21)22-12-13-4-2-1-3-5-13;11-6-5-10-8(12)7-1-3-9-4-2-7/h1-5,14,19H,6-12H2,(H,17,20);7,9,11H,1-6H2,(H,10,12). The molecule has 0 bridgehead atoms. The highest BCUT2D eigenvalue weighted by atomic mass is 16.6. The second kappa shape index (κ2) is 16.0. The van der Waals surface area contributed by atoms with Crippen LogP contribution >= 0.6 is 0 Å². The summed E-state index contributed by atoms with van der Waals surface area (Å²) < 4.78 is 5.28. The molecule has 3 rings (SSSR count). The summed E-state index contributed by atoms with van der Waals surface area (Å²) in [6.07, 6.45) is 2.74. The molecule has 3 amide bonds. The fraction of sp³-hybridized carbons (Fsp3) is 0.625. The fourth-order valence-corrected chi connectivity index (χ4v) is 3.87. The Morgan fingerprint density at radius 3 is 1.94 bits per heavy atom. The summed E-state index contributed by atoms with van der Waals surface area (Å²) in [5, 5.41) is 25.7. The third kappa shape index (κ3) is 10.1. The van der Waals surface area contributed by atoms with Crippen LogP contribution in [0.4, 0.5) is 4.79 Å². The van der Waals surface area contributed by atoms with Crippen molar-refractivity contribution in [1.29, 1.82) is 0 Å². The van der Waals surface area contributed by atoms with E-state index in [1.807, 2.05) is 30.3 Å². The van der Waals surface area contributed by atoms with Crippen molar-refractivity contribution in [2.45, 2.75) is 32.3 Å². The van der Waals surface area contributed by atoms with E-state index in [4.69, 9.17) is 14.9 Å². The number of carbonyl (C=O) groups is 3. The molecule has 1 aromatic rings. The lowest BCUT2D eigenvalue weighted by molar-refractivity contribution is -0.127. The van der Waals surface area contributed by atoms with Crippen LogP contribution in [0.15, 0.2) is 30.3 Å². The molecule has 0 saturated carbocycles. The number of ether oxygens (including phenoxy) is 1. The van der Waals surface area contributed by atoms with Gasteiger partial charge in [-0.1, -0.05) is 30.3 Å². The summed E-state index contributed by atoms with van der Waals surface area (Å²) in [4.78, 5) is 36.7. The molecule has 0 spiro atoms. The van der Waals surface area contributed by atoms with E-state index >= 15 is 0 Å². The van der Waals surface area contributed by atoms with Crippen LogP contribution in [0.1, 0.15) is 31.2 Å². The summed E-state index contributed by atoms with van der Waals surface area (Å²) >= 11 is 0. The Balaban J connectivity index is 0.000000287. The Morgan fingerprint density at radius 1 is 0.882 bits per heavy atom. The lowest BCUT2D eigenvalue weighted by Crippen LogP contribution is -2.43. The first-order valence-corrected chi connectivity index (χ1v) is 12.0. The molecule has 2 fully saturated rings. The molecule has 0 radical (unpaired) electrons. The van der Waals surface area contributed by atoms with E-state index in [2.05, 4.69) is 16.0 Å². The minimum Gasteiger partial charge on any atom is -0.445 e. The summed E-state index contributed by atoms with van der Waals surface area (Å²) in [5.41, 5.74) is 0.953. The Morgan fingerprint density at radius 2 is 1.41 bits per heavy atom. The van der Waals surface area contributed by atoms with Gasteiger partial charge < -0.3 is 35.8 Å². The molecule has 2 saturated heterocycles. The van der Waals surface area contributed by atoms with Crippen molar-refractivity contribution in [3.63, 3.8) is 0 Å². The molecule has 0 aromatic heterocycles. The number of nitrogens with one attached hydrogen (secondary N) is 3. The Kier molecular flexibility index (Phi) is 13.0. The molecule has 190 valence electrons. The molecule has 1 aromatic carbocycles. The van der Waals surface area contributed by atoms with Crippen molar-refractivity contribution in [2.24, 2.45) is 11.8 Å². The first-order valence-electron chi connectivity index (χ1n) is 12.0. The molecule has 2 heterocycles. The maximum absolute atomic E-state index is 12.0. The number of amides is 3. The number of benzene rings is 1. The van der Waals surface area contributed by atoms with Gasteiger partial charge in [-0.05, 0) is 44.3 Å². The average Bonchev–Trinajstić information content (AvgIpc) is 2.90. The minimum atomic E-state index is -0.335. The molecule has 0 unspecified atom stereocenters. The van der Waals surface area contributed by atoms with Crippen LogP contribution < -0.4 is 16.0 Å². The van der Waals surface area contributed by atoms with E-state index in [1.54, 1.807) is 4.90 Å². The smallest absolute Gasteiger partial charge is 0.410 e. The van der Waals surface area contributed by atoms with Crippen molar-refractivity contribution in [2.75, 3.05) is 52.5 Å². The van der Waals surface area contributed by atoms with Gasteiger partial charge in [0.05, 0.1) is 13.2 Å². The Bertz CT molecular complexity index is 734. The van der Waals surface area contributed by atoms with Crippen LogP contribution in [0.3, 0.4) is 0 Å². The topological polar surface area (TPSA) is 140 Å². The van der Waals surface area contributed by atoms with Gasteiger partial charge in [0.15, 0.2) is 0 Å². The second-order valence-corrected chi connectivity index (χ2v) is 8.36. The molecule has 34 heavy (non-hydrogen) atoms. The molecular weight excluding hydrogens is 440 g/mol.